The fourth-order valence-corrected chi connectivity index (χ4v) is 1.73. The van der Waals surface area contributed by atoms with Crippen molar-refractivity contribution in [1.82, 2.24) is 0 Å². The molecule has 0 spiro atoms. The van der Waals surface area contributed by atoms with Crippen molar-refractivity contribution in [2.45, 2.75) is 32.2 Å². The first-order valence-electron chi connectivity index (χ1n) is 6.33. The van der Waals surface area contributed by atoms with Crippen LogP contribution in [-0.4, -0.2) is 25.7 Å². The molecule has 5 nitrogen and oxygen atoms in total. The average Bonchev–Trinajstić information content (AvgIpc) is 2.46. The maximum absolute atomic E-state index is 12.2. The molecule has 0 aliphatic heterocycles. The van der Waals surface area contributed by atoms with Gasteiger partial charge in [0.1, 0.15) is 11.5 Å². The van der Waals surface area contributed by atoms with Gasteiger partial charge in [0.2, 0.25) is 5.91 Å². The lowest BCUT2D eigenvalue weighted by molar-refractivity contribution is -0.121. The van der Waals surface area contributed by atoms with E-state index in [2.05, 4.69) is 5.32 Å². The summed E-state index contributed by atoms with van der Waals surface area (Å²) in [4.78, 5) is 12.2. The first-order valence-corrected chi connectivity index (χ1v) is 6.33. The number of nitrogens with two attached hydrogens (primary N) is 1. The van der Waals surface area contributed by atoms with Crippen LogP contribution in [-0.2, 0) is 4.79 Å². The number of amides is 1. The number of benzene rings is 1. The summed E-state index contributed by atoms with van der Waals surface area (Å²) in [5, 5.41) is 2.81. The van der Waals surface area contributed by atoms with Crippen molar-refractivity contribution in [3.8, 4) is 11.5 Å². The highest BCUT2D eigenvalue weighted by Crippen LogP contribution is 2.29. The Kier molecular flexibility index (Phi) is 5.18. The molecule has 0 fully saturated rings. The van der Waals surface area contributed by atoms with E-state index < -0.39 is 5.54 Å². The van der Waals surface area contributed by atoms with E-state index >= 15 is 0 Å². The number of rotatable bonds is 6. The van der Waals surface area contributed by atoms with Crippen LogP contribution in [0.5, 0.6) is 11.5 Å². The van der Waals surface area contributed by atoms with Crippen LogP contribution < -0.4 is 20.5 Å². The standard InChI is InChI=1S/C14H22N2O3/c1-5-14(15,6-2)13(17)16-11-9-10(18-3)7-8-12(11)19-4/h7-9H,5-6,15H2,1-4H3,(H,16,17). The zero-order chi connectivity index (χ0) is 14.5. The summed E-state index contributed by atoms with van der Waals surface area (Å²) in [5.41, 5.74) is 5.76. The van der Waals surface area contributed by atoms with E-state index in [4.69, 9.17) is 15.2 Å². The van der Waals surface area contributed by atoms with E-state index in [1.54, 1.807) is 32.4 Å². The zero-order valence-electron chi connectivity index (χ0n) is 11.9. The normalized spacial score (nSPS) is 11.0. The molecule has 0 heterocycles. The second-order valence-electron chi connectivity index (χ2n) is 4.38. The second kappa shape index (κ2) is 6.43. The predicted molar refractivity (Wildman–Crippen MR) is 75.7 cm³/mol. The van der Waals surface area contributed by atoms with Gasteiger partial charge in [-0.1, -0.05) is 13.8 Å². The monoisotopic (exact) mass is 266 g/mol. The molecule has 0 atom stereocenters. The fourth-order valence-electron chi connectivity index (χ4n) is 1.73. The third-order valence-electron chi connectivity index (χ3n) is 3.37. The van der Waals surface area contributed by atoms with Gasteiger partial charge in [-0.2, -0.15) is 0 Å². The average molecular weight is 266 g/mol. The van der Waals surface area contributed by atoms with E-state index in [0.717, 1.165) is 0 Å². The number of ether oxygens (including phenoxy) is 2. The van der Waals surface area contributed by atoms with Crippen molar-refractivity contribution in [2.75, 3.05) is 19.5 Å². The highest BCUT2D eigenvalue weighted by atomic mass is 16.5. The molecule has 1 amide bonds. The minimum Gasteiger partial charge on any atom is -0.497 e. The van der Waals surface area contributed by atoms with Crippen LogP contribution in [0.4, 0.5) is 5.69 Å². The quantitative estimate of drug-likeness (QED) is 0.827. The first-order chi connectivity index (χ1) is 9.00. The van der Waals surface area contributed by atoms with Crippen molar-refractivity contribution in [1.29, 1.82) is 0 Å². The van der Waals surface area contributed by atoms with Crippen molar-refractivity contribution >= 4 is 11.6 Å². The van der Waals surface area contributed by atoms with Gasteiger partial charge in [-0.15, -0.1) is 0 Å². The first kappa shape index (κ1) is 15.3. The molecule has 0 aliphatic rings. The van der Waals surface area contributed by atoms with Gasteiger partial charge in [-0.05, 0) is 25.0 Å². The Labute approximate surface area is 114 Å². The maximum Gasteiger partial charge on any atom is 0.244 e. The lowest BCUT2D eigenvalue weighted by atomic mass is 9.93. The summed E-state index contributed by atoms with van der Waals surface area (Å²) >= 11 is 0. The van der Waals surface area contributed by atoms with Gasteiger partial charge in [0.25, 0.3) is 0 Å². The Morgan fingerprint density at radius 2 is 1.89 bits per heavy atom. The van der Waals surface area contributed by atoms with Crippen molar-refractivity contribution < 1.29 is 14.3 Å². The Balaban J connectivity index is 3.01. The minimum atomic E-state index is -0.867. The van der Waals surface area contributed by atoms with Crippen molar-refractivity contribution in [2.24, 2.45) is 5.73 Å². The molecule has 0 aliphatic carbocycles. The van der Waals surface area contributed by atoms with Gasteiger partial charge >= 0.3 is 0 Å². The fraction of sp³-hybridized carbons (Fsp3) is 0.500. The number of anilines is 1. The number of nitrogens with one attached hydrogen (secondary N) is 1. The second-order valence-corrected chi connectivity index (χ2v) is 4.38. The van der Waals surface area contributed by atoms with E-state index in [1.807, 2.05) is 13.8 Å². The van der Waals surface area contributed by atoms with Crippen molar-refractivity contribution in [3.05, 3.63) is 18.2 Å². The third kappa shape index (κ3) is 3.38. The molecule has 106 valence electrons. The lowest BCUT2D eigenvalue weighted by Gasteiger charge is -2.25. The van der Waals surface area contributed by atoms with Crippen LogP contribution in [0, 0.1) is 0 Å². The number of hydrogen-bond donors (Lipinski definition) is 2. The van der Waals surface area contributed by atoms with Crippen LogP contribution in [0.3, 0.4) is 0 Å². The predicted octanol–water partition coefficient (Wildman–Crippen LogP) is 2.16. The van der Waals surface area contributed by atoms with Gasteiger partial charge in [0, 0.05) is 6.07 Å². The molecule has 0 unspecified atom stereocenters. The SMILES string of the molecule is CCC(N)(CC)C(=O)Nc1cc(OC)ccc1OC. The largest absolute Gasteiger partial charge is 0.497 e. The molecule has 5 heteroatoms. The van der Waals surface area contributed by atoms with Gasteiger partial charge < -0.3 is 20.5 Å². The van der Waals surface area contributed by atoms with Crippen LogP contribution >= 0.6 is 0 Å². The molecule has 0 aromatic heterocycles. The number of hydrogen-bond acceptors (Lipinski definition) is 4. The summed E-state index contributed by atoms with van der Waals surface area (Å²) in [7, 11) is 3.12. The minimum absolute atomic E-state index is 0.218. The van der Waals surface area contributed by atoms with Gasteiger partial charge in [0.05, 0.1) is 25.4 Å². The highest BCUT2D eigenvalue weighted by Gasteiger charge is 2.30. The van der Waals surface area contributed by atoms with Crippen LogP contribution in [0.2, 0.25) is 0 Å². The molecule has 1 aromatic rings. The van der Waals surface area contributed by atoms with E-state index in [0.29, 0.717) is 30.0 Å². The van der Waals surface area contributed by atoms with Crippen LogP contribution in [0.15, 0.2) is 18.2 Å². The van der Waals surface area contributed by atoms with Gasteiger partial charge in [-0.3, -0.25) is 4.79 Å². The molecular weight excluding hydrogens is 244 g/mol. The summed E-state index contributed by atoms with van der Waals surface area (Å²) in [6.07, 6.45) is 1.14. The van der Waals surface area contributed by atoms with E-state index in [1.165, 1.54) is 0 Å². The lowest BCUT2D eigenvalue weighted by Crippen LogP contribution is -2.50. The highest BCUT2D eigenvalue weighted by molar-refractivity contribution is 5.99. The summed E-state index contributed by atoms with van der Waals surface area (Å²) in [6, 6.07) is 5.22. The molecule has 0 saturated heterocycles. The topological polar surface area (TPSA) is 73.6 Å². The third-order valence-corrected chi connectivity index (χ3v) is 3.37. The molecule has 1 aromatic carbocycles. The molecule has 0 bridgehead atoms. The summed E-state index contributed by atoms with van der Waals surface area (Å²) in [6.45, 7) is 3.79. The molecular formula is C14H22N2O3. The Morgan fingerprint density at radius 3 is 2.37 bits per heavy atom. The number of carbonyl (C=O) groups excluding carboxylic acids is 1. The summed E-state index contributed by atoms with van der Waals surface area (Å²) in [5.74, 6) is 1.000. The zero-order valence-corrected chi connectivity index (χ0v) is 11.9. The Bertz CT molecular complexity index is 442. The van der Waals surface area contributed by atoms with Gasteiger partial charge in [-0.25, -0.2) is 0 Å². The molecule has 0 radical (unpaired) electrons. The number of carbonyl (C=O) groups is 1. The number of methoxy groups -OCH3 is 2. The van der Waals surface area contributed by atoms with Crippen molar-refractivity contribution in [3.63, 3.8) is 0 Å². The molecule has 3 N–H and O–H groups in total. The van der Waals surface area contributed by atoms with Gasteiger partial charge in [0.15, 0.2) is 0 Å². The van der Waals surface area contributed by atoms with E-state index in [9.17, 15) is 4.79 Å². The molecule has 1 rings (SSSR count). The Morgan fingerprint density at radius 1 is 1.26 bits per heavy atom. The smallest absolute Gasteiger partial charge is 0.244 e. The Hall–Kier alpha value is -1.75. The molecule has 0 saturated carbocycles. The summed E-state index contributed by atoms with van der Waals surface area (Å²) < 4.78 is 10.4. The van der Waals surface area contributed by atoms with Crippen LogP contribution in [0.25, 0.3) is 0 Å². The van der Waals surface area contributed by atoms with E-state index in [-0.39, 0.29) is 5.91 Å². The maximum atomic E-state index is 12.2. The molecule has 19 heavy (non-hydrogen) atoms. The van der Waals surface area contributed by atoms with Crippen LogP contribution in [0.1, 0.15) is 26.7 Å².